The Hall–Kier alpha value is -3.35. The standard InChI is InChI=1S/C19H15F2N3O2/c1-12(15-8-7-13(20)11-16(15)21)22-19(26)17-9-10-18(25)24(23-17)14-5-3-2-4-6-14/h2-12H,1H3,(H,22,26)/t12-/m0/s1. The average molecular weight is 355 g/mol. The number of hydrogen-bond donors (Lipinski definition) is 1. The summed E-state index contributed by atoms with van der Waals surface area (Å²) in [5.41, 5.74) is 0.286. The van der Waals surface area contributed by atoms with Crippen molar-refractivity contribution < 1.29 is 13.6 Å². The summed E-state index contributed by atoms with van der Waals surface area (Å²) in [6.45, 7) is 1.57. The summed E-state index contributed by atoms with van der Waals surface area (Å²) in [6, 6.07) is 13.6. The van der Waals surface area contributed by atoms with Crippen LogP contribution in [-0.2, 0) is 0 Å². The minimum Gasteiger partial charge on any atom is -0.344 e. The Kier molecular flexibility index (Phi) is 4.88. The molecule has 132 valence electrons. The number of aromatic nitrogens is 2. The second-order valence-electron chi connectivity index (χ2n) is 5.67. The van der Waals surface area contributed by atoms with Crippen LogP contribution in [0, 0.1) is 11.6 Å². The van der Waals surface area contributed by atoms with Gasteiger partial charge in [0.05, 0.1) is 11.7 Å². The van der Waals surface area contributed by atoms with Crippen molar-refractivity contribution in [2.75, 3.05) is 0 Å². The fraction of sp³-hybridized carbons (Fsp3) is 0.105. The highest BCUT2D eigenvalue weighted by atomic mass is 19.1. The van der Waals surface area contributed by atoms with Crippen LogP contribution in [0.2, 0.25) is 0 Å². The SMILES string of the molecule is C[C@H](NC(=O)c1ccc(=O)n(-c2ccccc2)n1)c1ccc(F)cc1F. The normalized spacial score (nSPS) is 11.8. The van der Waals surface area contributed by atoms with Gasteiger partial charge >= 0.3 is 0 Å². The number of amides is 1. The van der Waals surface area contributed by atoms with Crippen LogP contribution in [0.5, 0.6) is 0 Å². The first-order chi connectivity index (χ1) is 12.5. The zero-order chi connectivity index (χ0) is 18.7. The van der Waals surface area contributed by atoms with Gasteiger partial charge in [-0.25, -0.2) is 8.78 Å². The minimum atomic E-state index is -0.750. The Labute approximate surface area is 147 Å². The van der Waals surface area contributed by atoms with E-state index < -0.39 is 23.6 Å². The van der Waals surface area contributed by atoms with Gasteiger partial charge in [0, 0.05) is 17.7 Å². The summed E-state index contributed by atoms with van der Waals surface area (Å²) in [6.07, 6.45) is 0. The van der Waals surface area contributed by atoms with E-state index in [4.69, 9.17) is 0 Å². The highest BCUT2D eigenvalue weighted by Crippen LogP contribution is 2.18. The van der Waals surface area contributed by atoms with Crippen LogP contribution in [0.25, 0.3) is 5.69 Å². The smallest absolute Gasteiger partial charge is 0.272 e. The van der Waals surface area contributed by atoms with Gasteiger partial charge in [0.1, 0.15) is 17.3 Å². The number of carbonyl (C=O) groups is 1. The summed E-state index contributed by atoms with van der Waals surface area (Å²) in [7, 11) is 0. The van der Waals surface area contributed by atoms with E-state index in [2.05, 4.69) is 10.4 Å². The van der Waals surface area contributed by atoms with Crippen molar-refractivity contribution in [3.8, 4) is 5.69 Å². The third kappa shape index (κ3) is 3.66. The van der Waals surface area contributed by atoms with E-state index in [9.17, 15) is 18.4 Å². The van der Waals surface area contributed by atoms with E-state index in [-0.39, 0.29) is 16.8 Å². The monoisotopic (exact) mass is 355 g/mol. The molecule has 2 aromatic carbocycles. The van der Waals surface area contributed by atoms with Gasteiger partial charge in [-0.15, -0.1) is 0 Å². The quantitative estimate of drug-likeness (QED) is 0.782. The van der Waals surface area contributed by atoms with Gasteiger partial charge in [0.15, 0.2) is 0 Å². The van der Waals surface area contributed by atoms with Gasteiger partial charge in [-0.05, 0) is 31.2 Å². The lowest BCUT2D eigenvalue weighted by molar-refractivity contribution is 0.0932. The average Bonchev–Trinajstić information content (AvgIpc) is 2.62. The first kappa shape index (κ1) is 17.5. The maximum absolute atomic E-state index is 13.8. The number of rotatable bonds is 4. The lowest BCUT2D eigenvalue weighted by atomic mass is 10.1. The van der Waals surface area contributed by atoms with Gasteiger partial charge in [-0.3, -0.25) is 9.59 Å². The number of hydrogen-bond acceptors (Lipinski definition) is 3. The van der Waals surface area contributed by atoms with E-state index in [1.54, 1.807) is 37.3 Å². The summed E-state index contributed by atoms with van der Waals surface area (Å²) in [5.74, 6) is -2.02. The molecule has 3 rings (SSSR count). The Bertz CT molecular complexity index is 1000. The fourth-order valence-corrected chi connectivity index (χ4v) is 2.49. The minimum absolute atomic E-state index is 0.00261. The van der Waals surface area contributed by atoms with Gasteiger partial charge < -0.3 is 5.32 Å². The van der Waals surface area contributed by atoms with Crippen LogP contribution in [-0.4, -0.2) is 15.7 Å². The molecule has 1 aromatic heterocycles. The third-order valence-corrected chi connectivity index (χ3v) is 3.81. The molecule has 0 fully saturated rings. The predicted molar refractivity (Wildman–Crippen MR) is 92.1 cm³/mol. The molecule has 0 bridgehead atoms. The van der Waals surface area contributed by atoms with Gasteiger partial charge in [0.25, 0.3) is 11.5 Å². The molecule has 0 aliphatic heterocycles. The molecule has 5 nitrogen and oxygen atoms in total. The lowest BCUT2D eigenvalue weighted by Crippen LogP contribution is -2.31. The van der Waals surface area contributed by atoms with Crippen LogP contribution in [0.15, 0.2) is 65.5 Å². The summed E-state index contributed by atoms with van der Waals surface area (Å²) in [5, 5.41) is 6.66. The lowest BCUT2D eigenvalue weighted by Gasteiger charge is -2.15. The maximum Gasteiger partial charge on any atom is 0.272 e. The largest absolute Gasteiger partial charge is 0.344 e. The molecule has 0 radical (unpaired) electrons. The Morgan fingerprint density at radius 1 is 1.08 bits per heavy atom. The predicted octanol–water partition coefficient (Wildman–Crippen LogP) is 3.00. The van der Waals surface area contributed by atoms with Gasteiger partial charge in [-0.1, -0.05) is 24.3 Å². The molecular weight excluding hydrogens is 340 g/mol. The maximum atomic E-state index is 13.8. The summed E-state index contributed by atoms with van der Waals surface area (Å²) >= 11 is 0. The highest BCUT2D eigenvalue weighted by Gasteiger charge is 2.17. The molecule has 1 N–H and O–H groups in total. The van der Waals surface area contributed by atoms with Gasteiger partial charge in [-0.2, -0.15) is 9.78 Å². The Morgan fingerprint density at radius 3 is 2.50 bits per heavy atom. The number of para-hydroxylation sites is 1. The van der Waals surface area contributed by atoms with Crippen molar-refractivity contribution in [2.45, 2.75) is 13.0 Å². The van der Waals surface area contributed by atoms with E-state index in [0.29, 0.717) is 5.69 Å². The number of halogens is 2. The molecule has 0 saturated carbocycles. The zero-order valence-corrected chi connectivity index (χ0v) is 13.8. The van der Waals surface area contributed by atoms with E-state index >= 15 is 0 Å². The second-order valence-corrected chi connectivity index (χ2v) is 5.67. The van der Waals surface area contributed by atoms with Crippen LogP contribution < -0.4 is 10.9 Å². The molecule has 0 spiro atoms. The van der Waals surface area contributed by atoms with Gasteiger partial charge in [0.2, 0.25) is 0 Å². The number of nitrogens with one attached hydrogen (secondary N) is 1. The number of nitrogens with zero attached hydrogens (tertiary/aromatic N) is 2. The van der Waals surface area contributed by atoms with Crippen LogP contribution in [0.3, 0.4) is 0 Å². The highest BCUT2D eigenvalue weighted by molar-refractivity contribution is 5.92. The molecule has 7 heteroatoms. The molecule has 0 unspecified atom stereocenters. The topological polar surface area (TPSA) is 64.0 Å². The molecule has 0 aliphatic carbocycles. The fourth-order valence-electron chi connectivity index (χ4n) is 2.49. The molecular formula is C19H15F2N3O2. The van der Waals surface area contributed by atoms with Crippen molar-refractivity contribution in [1.82, 2.24) is 15.1 Å². The van der Waals surface area contributed by atoms with Crippen molar-refractivity contribution in [2.24, 2.45) is 0 Å². The first-order valence-corrected chi connectivity index (χ1v) is 7.87. The Morgan fingerprint density at radius 2 is 1.81 bits per heavy atom. The van der Waals surface area contributed by atoms with Crippen molar-refractivity contribution >= 4 is 5.91 Å². The van der Waals surface area contributed by atoms with Crippen LogP contribution in [0.4, 0.5) is 8.78 Å². The van der Waals surface area contributed by atoms with Crippen molar-refractivity contribution in [3.63, 3.8) is 0 Å². The number of benzene rings is 2. The van der Waals surface area contributed by atoms with Crippen molar-refractivity contribution in [1.29, 1.82) is 0 Å². The third-order valence-electron chi connectivity index (χ3n) is 3.81. The van der Waals surface area contributed by atoms with E-state index in [1.165, 1.54) is 18.2 Å². The molecule has 26 heavy (non-hydrogen) atoms. The van der Waals surface area contributed by atoms with Crippen LogP contribution in [0.1, 0.15) is 29.0 Å². The molecule has 1 atom stereocenters. The number of carbonyl (C=O) groups excluding carboxylic acids is 1. The second kappa shape index (κ2) is 7.26. The zero-order valence-electron chi connectivity index (χ0n) is 13.8. The molecule has 3 aromatic rings. The molecule has 1 amide bonds. The summed E-state index contributed by atoms with van der Waals surface area (Å²) < 4.78 is 28.0. The summed E-state index contributed by atoms with van der Waals surface area (Å²) in [4.78, 5) is 24.4. The Balaban J connectivity index is 1.85. The molecule has 1 heterocycles. The molecule has 0 saturated heterocycles. The van der Waals surface area contributed by atoms with Crippen LogP contribution >= 0.6 is 0 Å². The first-order valence-electron chi connectivity index (χ1n) is 7.87. The molecule has 0 aliphatic rings. The van der Waals surface area contributed by atoms with E-state index in [0.717, 1.165) is 16.8 Å². The van der Waals surface area contributed by atoms with Crippen molar-refractivity contribution in [3.05, 3.63) is 93.9 Å². The van der Waals surface area contributed by atoms with E-state index in [1.807, 2.05) is 0 Å².